The molecule has 1 aromatic heterocycles. The minimum atomic E-state index is -0.399. The summed E-state index contributed by atoms with van der Waals surface area (Å²) in [7, 11) is 0. The molecule has 0 radical (unpaired) electrons. The quantitative estimate of drug-likeness (QED) is 0.855. The molecule has 0 saturated carbocycles. The van der Waals surface area contributed by atoms with Crippen molar-refractivity contribution in [1.82, 2.24) is 4.57 Å². The van der Waals surface area contributed by atoms with Crippen molar-refractivity contribution in [3.63, 3.8) is 0 Å². The number of ether oxygens (including phenoxy) is 2. The van der Waals surface area contributed by atoms with E-state index in [1.165, 1.54) is 33.4 Å². The van der Waals surface area contributed by atoms with Crippen LogP contribution in [0.2, 0.25) is 0 Å². The van der Waals surface area contributed by atoms with Gasteiger partial charge in [-0.15, -0.1) is 0 Å². The minimum Gasteiger partial charge on any atom is -0.494 e. The van der Waals surface area contributed by atoms with Gasteiger partial charge in [0.15, 0.2) is 4.80 Å². The van der Waals surface area contributed by atoms with Gasteiger partial charge in [-0.2, -0.15) is 4.99 Å². The van der Waals surface area contributed by atoms with E-state index in [0.29, 0.717) is 18.0 Å². The predicted molar refractivity (Wildman–Crippen MR) is 85.5 cm³/mol. The smallest absolute Gasteiger partial charge is 0.317 e. The first-order chi connectivity index (χ1) is 10.6. The lowest BCUT2D eigenvalue weighted by Crippen LogP contribution is -2.19. The largest absolute Gasteiger partial charge is 0.494 e. The third kappa shape index (κ3) is 2.54. The average Bonchev–Trinajstić information content (AvgIpc) is 2.91. The van der Waals surface area contributed by atoms with E-state index >= 15 is 0 Å². The van der Waals surface area contributed by atoms with Crippen molar-refractivity contribution in [3.05, 3.63) is 40.1 Å². The highest BCUT2D eigenvalue weighted by Crippen LogP contribution is 2.24. The number of hydrogen-bond acceptors (Lipinski definition) is 4. The second-order valence-corrected chi connectivity index (χ2v) is 6.10. The molecular weight excluding hydrogens is 300 g/mol. The van der Waals surface area contributed by atoms with Crippen molar-refractivity contribution in [1.29, 1.82) is 0 Å². The first-order valence-corrected chi connectivity index (χ1v) is 8.06. The molecule has 2 aromatic rings. The van der Waals surface area contributed by atoms with Crippen LogP contribution in [0.25, 0.3) is 10.2 Å². The molecule has 116 valence electrons. The summed E-state index contributed by atoms with van der Waals surface area (Å²) in [4.78, 5) is 17.2. The van der Waals surface area contributed by atoms with Gasteiger partial charge in [-0.1, -0.05) is 23.5 Å². The number of fused-ring (bicyclic) bond motifs is 1. The van der Waals surface area contributed by atoms with E-state index in [1.54, 1.807) is 0 Å². The van der Waals surface area contributed by atoms with Crippen molar-refractivity contribution in [2.75, 3.05) is 13.2 Å². The first-order valence-electron chi connectivity index (χ1n) is 7.25. The molecule has 0 N–H and O–H groups in total. The Hall–Kier alpha value is -2.08. The zero-order valence-electron chi connectivity index (χ0n) is 12.9. The number of rotatable bonds is 2. The molecule has 0 saturated heterocycles. The Balaban J connectivity index is 2.16. The van der Waals surface area contributed by atoms with Crippen molar-refractivity contribution in [2.45, 2.75) is 27.3 Å². The Morgan fingerprint density at radius 3 is 2.77 bits per heavy atom. The number of amides is 1. The first kappa shape index (κ1) is 14.8. The molecule has 0 aliphatic carbocycles. The fourth-order valence-electron chi connectivity index (χ4n) is 2.48. The van der Waals surface area contributed by atoms with Gasteiger partial charge in [0, 0.05) is 6.54 Å². The van der Waals surface area contributed by atoms with Gasteiger partial charge in [0.2, 0.25) is 5.76 Å². The third-order valence-electron chi connectivity index (χ3n) is 3.60. The lowest BCUT2D eigenvalue weighted by molar-refractivity contribution is -0.119. The van der Waals surface area contributed by atoms with Gasteiger partial charge in [-0.25, -0.2) is 0 Å². The van der Waals surface area contributed by atoms with E-state index in [-0.39, 0.29) is 5.76 Å². The number of thiazole rings is 1. The predicted octanol–water partition coefficient (Wildman–Crippen LogP) is 2.66. The van der Waals surface area contributed by atoms with E-state index < -0.39 is 5.91 Å². The lowest BCUT2D eigenvalue weighted by Gasteiger charge is -2.12. The lowest BCUT2D eigenvalue weighted by atomic mass is 10.1. The van der Waals surface area contributed by atoms with Gasteiger partial charge in [-0.05, 0) is 31.9 Å². The van der Waals surface area contributed by atoms with Gasteiger partial charge in [0.25, 0.3) is 0 Å². The molecule has 2 heterocycles. The highest BCUT2D eigenvalue weighted by Gasteiger charge is 2.16. The Morgan fingerprint density at radius 2 is 2.09 bits per heavy atom. The summed E-state index contributed by atoms with van der Waals surface area (Å²) in [5.41, 5.74) is 3.52. The zero-order chi connectivity index (χ0) is 15.7. The molecule has 0 spiro atoms. The van der Waals surface area contributed by atoms with Crippen molar-refractivity contribution in [2.24, 2.45) is 4.99 Å². The minimum absolute atomic E-state index is 0.166. The van der Waals surface area contributed by atoms with Crippen molar-refractivity contribution < 1.29 is 14.3 Å². The summed E-state index contributed by atoms with van der Waals surface area (Å²) in [6.07, 6.45) is 1.34. The van der Waals surface area contributed by atoms with Crippen LogP contribution in [0.5, 0.6) is 0 Å². The van der Waals surface area contributed by atoms with Crippen LogP contribution in [0.1, 0.15) is 18.1 Å². The molecule has 22 heavy (non-hydrogen) atoms. The highest BCUT2D eigenvalue weighted by atomic mass is 32.1. The molecule has 0 atom stereocenters. The summed E-state index contributed by atoms with van der Waals surface area (Å²) < 4.78 is 13.7. The molecule has 1 aliphatic heterocycles. The van der Waals surface area contributed by atoms with Gasteiger partial charge < -0.3 is 14.0 Å². The second-order valence-electron chi connectivity index (χ2n) is 5.12. The van der Waals surface area contributed by atoms with Crippen LogP contribution in [0.15, 0.2) is 29.1 Å². The molecule has 5 nitrogen and oxygen atoms in total. The summed E-state index contributed by atoms with van der Waals surface area (Å²) in [6.45, 7) is 7.81. The van der Waals surface area contributed by atoms with Crippen LogP contribution in [0.3, 0.4) is 0 Å². The van der Waals surface area contributed by atoms with Gasteiger partial charge in [0.1, 0.15) is 19.5 Å². The highest BCUT2D eigenvalue weighted by molar-refractivity contribution is 7.16. The molecule has 1 aliphatic rings. The number of aromatic nitrogens is 1. The number of aryl methyl sites for hydroxylation is 3. The van der Waals surface area contributed by atoms with E-state index in [0.717, 1.165) is 12.1 Å². The SMILES string of the molecule is CCn1c(=NC(=O)C2=COCCO2)sc2c(C)ccc(C)c21. The molecule has 3 rings (SSSR count). The van der Waals surface area contributed by atoms with E-state index in [9.17, 15) is 4.79 Å². The number of benzene rings is 1. The fraction of sp³-hybridized carbons (Fsp3) is 0.375. The summed E-state index contributed by atoms with van der Waals surface area (Å²) >= 11 is 1.53. The summed E-state index contributed by atoms with van der Waals surface area (Å²) in [6, 6.07) is 4.20. The third-order valence-corrected chi connectivity index (χ3v) is 4.81. The molecule has 1 amide bonds. The van der Waals surface area contributed by atoms with Crippen molar-refractivity contribution >= 4 is 27.5 Å². The number of carbonyl (C=O) groups is 1. The maximum absolute atomic E-state index is 12.2. The second kappa shape index (κ2) is 5.96. The summed E-state index contributed by atoms with van der Waals surface area (Å²) in [5, 5.41) is 0. The van der Waals surface area contributed by atoms with Crippen LogP contribution >= 0.6 is 11.3 Å². The van der Waals surface area contributed by atoms with Crippen LogP contribution < -0.4 is 4.80 Å². The van der Waals surface area contributed by atoms with Crippen LogP contribution in [0, 0.1) is 13.8 Å². The van der Waals surface area contributed by atoms with Gasteiger partial charge >= 0.3 is 5.91 Å². The van der Waals surface area contributed by atoms with Crippen molar-refractivity contribution in [3.8, 4) is 0 Å². The normalized spacial score (nSPS) is 15.4. The Morgan fingerprint density at radius 1 is 1.32 bits per heavy atom. The standard InChI is InChI=1S/C16H18N2O3S/c1-4-18-13-10(2)5-6-11(3)14(13)22-16(18)17-15(19)12-9-20-7-8-21-12/h5-6,9H,4,7-8H2,1-3H3. The fourth-order valence-corrected chi connectivity index (χ4v) is 3.71. The summed E-state index contributed by atoms with van der Waals surface area (Å²) in [5.74, 6) is -0.233. The number of carbonyl (C=O) groups excluding carboxylic acids is 1. The van der Waals surface area contributed by atoms with Gasteiger partial charge in [0.05, 0.1) is 10.2 Å². The molecule has 0 bridgehead atoms. The Labute approximate surface area is 132 Å². The maximum Gasteiger partial charge on any atom is 0.317 e. The maximum atomic E-state index is 12.2. The monoisotopic (exact) mass is 318 g/mol. The average molecular weight is 318 g/mol. The number of nitrogens with zero attached hydrogens (tertiary/aromatic N) is 2. The van der Waals surface area contributed by atoms with E-state index in [4.69, 9.17) is 9.47 Å². The van der Waals surface area contributed by atoms with Crippen LogP contribution in [0.4, 0.5) is 0 Å². The molecule has 6 heteroatoms. The Kier molecular flexibility index (Phi) is 4.02. The molecular formula is C16H18N2O3S. The van der Waals surface area contributed by atoms with Crippen LogP contribution in [-0.2, 0) is 20.8 Å². The molecule has 0 unspecified atom stereocenters. The zero-order valence-corrected chi connectivity index (χ0v) is 13.7. The van der Waals surface area contributed by atoms with E-state index in [1.807, 2.05) is 0 Å². The Bertz CT molecular complexity index is 830. The van der Waals surface area contributed by atoms with Gasteiger partial charge in [-0.3, -0.25) is 4.79 Å². The molecule has 0 fully saturated rings. The van der Waals surface area contributed by atoms with Crippen LogP contribution in [-0.4, -0.2) is 23.7 Å². The molecule has 1 aromatic carbocycles. The number of hydrogen-bond donors (Lipinski definition) is 0. The topological polar surface area (TPSA) is 52.8 Å². The van der Waals surface area contributed by atoms with E-state index in [2.05, 4.69) is 42.5 Å².